The predicted molar refractivity (Wildman–Crippen MR) is 144 cm³/mol. The molecular weight excluding hydrogens is 453 g/mol. The highest BCUT2D eigenvalue weighted by Crippen LogP contribution is 2.61. The van der Waals surface area contributed by atoms with Gasteiger partial charge in [0.05, 0.1) is 19.9 Å². The van der Waals surface area contributed by atoms with Crippen molar-refractivity contribution in [2.75, 3.05) is 14.2 Å². The van der Waals surface area contributed by atoms with Gasteiger partial charge in [-0.3, -0.25) is 0 Å². The zero-order valence-electron chi connectivity index (χ0n) is 20.1. The van der Waals surface area contributed by atoms with E-state index in [0.717, 1.165) is 32.6 Å². The molecule has 5 heteroatoms. The third kappa shape index (κ3) is 3.94. The molecule has 0 bridgehead atoms. The van der Waals surface area contributed by atoms with Crippen LogP contribution < -0.4 is 20.1 Å². The lowest BCUT2D eigenvalue weighted by atomic mass is 10.0. The van der Waals surface area contributed by atoms with Gasteiger partial charge >= 0.3 is 0 Å². The second kappa shape index (κ2) is 9.48. The van der Waals surface area contributed by atoms with Crippen LogP contribution in [0.25, 0.3) is 10.9 Å². The molecule has 0 aliphatic heterocycles. The van der Waals surface area contributed by atoms with Gasteiger partial charge < -0.3 is 18.6 Å². The van der Waals surface area contributed by atoms with Crippen LogP contribution in [0.5, 0.6) is 11.5 Å². The van der Waals surface area contributed by atoms with Crippen LogP contribution in [-0.4, -0.2) is 18.8 Å². The number of fused-ring (bicyclic) bond motifs is 1. The van der Waals surface area contributed by atoms with E-state index in [9.17, 15) is 0 Å². The molecule has 4 nitrogen and oxygen atoms in total. The molecule has 0 amide bonds. The SMILES string of the molecule is COc1ccc(C(c2cn(C)c3ccccc23)P(=O)(c2ccccc2)c2ccccc2)cc1OC. The number of para-hydroxylation sites is 1. The number of aryl methyl sites for hydroxylation is 1. The number of methoxy groups -OCH3 is 2. The minimum absolute atomic E-state index is 0.432. The second-order valence-electron chi connectivity index (χ2n) is 8.56. The maximum absolute atomic E-state index is 15.6. The summed E-state index contributed by atoms with van der Waals surface area (Å²) in [7, 11) is 2.05. The van der Waals surface area contributed by atoms with Crippen LogP contribution in [0.2, 0.25) is 0 Å². The standard InChI is InChI=1S/C30H28NO3P/c1-31-21-26(25-16-10-11-17-27(25)31)30(22-18-19-28(33-2)29(20-22)34-3)35(32,23-12-6-4-7-13-23)24-14-8-5-9-15-24/h4-21,30H,1-3H3. The largest absolute Gasteiger partial charge is 0.493 e. The van der Waals surface area contributed by atoms with Crippen LogP contribution in [0, 0.1) is 0 Å². The summed E-state index contributed by atoms with van der Waals surface area (Å²) in [5.74, 6) is 1.25. The number of ether oxygens (including phenoxy) is 2. The first-order chi connectivity index (χ1) is 17.1. The van der Waals surface area contributed by atoms with E-state index >= 15 is 4.57 Å². The summed E-state index contributed by atoms with van der Waals surface area (Å²) in [4.78, 5) is 0. The molecule has 0 saturated heterocycles. The van der Waals surface area contributed by atoms with Gasteiger partial charge in [0.2, 0.25) is 0 Å². The van der Waals surface area contributed by atoms with E-state index in [1.165, 1.54) is 0 Å². The molecular formula is C30H28NO3P. The molecule has 0 aliphatic rings. The summed E-state index contributed by atoms with van der Waals surface area (Å²) in [5, 5.41) is 2.72. The number of benzene rings is 4. The lowest BCUT2D eigenvalue weighted by Crippen LogP contribution is -2.22. The minimum atomic E-state index is -3.23. The predicted octanol–water partition coefficient (Wildman–Crippen LogP) is 6.30. The van der Waals surface area contributed by atoms with Gasteiger partial charge in [0.25, 0.3) is 0 Å². The summed E-state index contributed by atoms with van der Waals surface area (Å²) in [6.07, 6.45) is 2.12. The molecule has 1 unspecified atom stereocenters. The van der Waals surface area contributed by atoms with Gasteiger partial charge in [-0.1, -0.05) is 84.9 Å². The van der Waals surface area contributed by atoms with Gasteiger partial charge in [0, 0.05) is 34.8 Å². The quantitative estimate of drug-likeness (QED) is 0.256. The maximum Gasteiger partial charge on any atom is 0.161 e. The Bertz CT molecular complexity index is 1470. The van der Waals surface area contributed by atoms with E-state index in [2.05, 4.69) is 22.9 Å². The maximum atomic E-state index is 15.6. The van der Waals surface area contributed by atoms with Crippen molar-refractivity contribution in [3.63, 3.8) is 0 Å². The lowest BCUT2D eigenvalue weighted by molar-refractivity contribution is 0.354. The molecule has 35 heavy (non-hydrogen) atoms. The van der Waals surface area contributed by atoms with Crippen molar-refractivity contribution in [1.82, 2.24) is 4.57 Å². The Morgan fingerprint density at radius 3 is 1.89 bits per heavy atom. The third-order valence-corrected chi connectivity index (χ3v) is 10.0. The van der Waals surface area contributed by atoms with Crippen molar-refractivity contribution in [3.05, 3.63) is 120 Å². The fourth-order valence-electron chi connectivity index (χ4n) is 4.95. The summed E-state index contributed by atoms with van der Waals surface area (Å²) >= 11 is 0. The van der Waals surface area contributed by atoms with Gasteiger partial charge in [-0.15, -0.1) is 0 Å². The van der Waals surface area contributed by atoms with Crippen molar-refractivity contribution in [2.45, 2.75) is 5.66 Å². The van der Waals surface area contributed by atoms with E-state index in [-0.39, 0.29) is 0 Å². The lowest BCUT2D eigenvalue weighted by Gasteiger charge is -2.30. The van der Waals surface area contributed by atoms with Gasteiger partial charge in [-0.05, 0) is 29.3 Å². The van der Waals surface area contributed by atoms with Crippen LogP contribution >= 0.6 is 7.14 Å². The molecule has 0 spiro atoms. The van der Waals surface area contributed by atoms with Crippen LogP contribution in [0.15, 0.2) is 109 Å². The van der Waals surface area contributed by atoms with Crippen LogP contribution in [0.1, 0.15) is 16.8 Å². The van der Waals surface area contributed by atoms with Gasteiger partial charge in [-0.2, -0.15) is 0 Å². The Morgan fingerprint density at radius 1 is 0.714 bits per heavy atom. The van der Waals surface area contributed by atoms with Crippen molar-refractivity contribution in [2.24, 2.45) is 7.05 Å². The van der Waals surface area contributed by atoms with E-state index in [0.29, 0.717) is 11.5 Å². The van der Waals surface area contributed by atoms with E-state index in [1.54, 1.807) is 14.2 Å². The summed E-state index contributed by atoms with van der Waals surface area (Å²) in [6.45, 7) is 0. The molecule has 0 radical (unpaired) electrons. The second-order valence-corrected chi connectivity index (χ2v) is 11.4. The topological polar surface area (TPSA) is 40.5 Å². The molecule has 1 atom stereocenters. The first-order valence-corrected chi connectivity index (χ1v) is 13.3. The molecule has 4 aromatic carbocycles. The number of nitrogens with zero attached hydrogens (tertiary/aromatic N) is 1. The zero-order valence-corrected chi connectivity index (χ0v) is 21.0. The van der Waals surface area contributed by atoms with Crippen molar-refractivity contribution in [1.29, 1.82) is 0 Å². The number of rotatable bonds is 7. The number of hydrogen-bond donors (Lipinski definition) is 0. The molecule has 0 N–H and O–H groups in total. The van der Waals surface area contributed by atoms with Crippen molar-refractivity contribution in [3.8, 4) is 11.5 Å². The molecule has 0 aliphatic carbocycles. The number of hydrogen-bond acceptors (Lipinski definition) is 3. The zero-order chi connectivity index (χ0) is 24.4. The fraction of sp³-hybridized carbons (Fsp3) is 0.133. The van der Waals surface area contributed by atoms with E-state index < -0.39 is 12.8 Å². The molecule has 0 saturated carbocycles. The van der Waals surface area contributed by atoms with Gasteiger partial charge in [0.1, 0.15) is 0 Å². The fourth-order valence-corrected chi connectivity index (χ4v) is 8.25. The summed E-state index contributed by atoms with van der Waals surface area (Å²) in [6, 6.07) is 33.8. The molecule has 1 aromatic heterocycles. The molecule has 5 aromatic rings. The van der Waals surface area contributed by atoms with Crippen LogP contribution in [-0.2, 0) is 11.6 Å². The summed E-state index contributed by atoms with van der Waals surface area (Å²) < 4.78 is 28.9. The number of aromatic nitrogens is 1. The molecule has 1 heterocycles. The molecule has 0 fully saturated rings. The Kier molecular flexibility index (Phi) is 6.23. The highest BCUT2D eigenvalue weighted by Gasteiger charge is 2.40. The third-order valence-electron chi connectivity index (χ3n) is 6.59. The Balaban J connectivity index is 1.88. The highest BCUT2D eigenvalue weighted by atomic mass is 31.2. The van der Waals surface area contributed by atoms with Gasteiger partial charge in [0.15, 0.2) is 18.6 Å². The smallest absolute Gasteiger partial charge is 0.161 e. The first-order valence-electron chi connectivity index (χ1n) is 11.5. The van der Waals surface area contributed by atoms with Crippen LogP contribution in [0.4, 0.5) is 0 Å². The Hall–Kier alpha value is -3.75. The van der Waals surface area contributed by atoms with Gasteiger partial charge in [-0.25, -0.2) is 0 Å². The minimum Gasteiger partial charge on any atom is -0.493 e. The van der Waals surface area contributed by atoms with Crippen molar-refractivity contribution >= 4 is 28.7 Å². The first kappa shape index (κ1) is 23.0. The van der Waals surface area contributed by atoms with E-state index in [1.807, 2.05) is 98.0 Å². The normalized spacial score (nSPS) is 12.4. The summed E-state index contributed by atoms with van der Waals surface area (Å²) in [5.41, 5.74) is 2.60. The van der Waals surface area contributed by atoms with Crippen molar-refractivity contribution < 1.29 is 14.0 Å². The Morgan fingerprint density at radius 2 is 1.29 bits per heavy atom. The molecule has 176 valence electrons. The average Bonchev–Trinajstić information content (AvgIpc) is 3.25. The highest BCUT2D eigenvalue weighted by molar-refractivity contribution is 7.79. The Labute approximate surface area is 206 Å². The van der Waals surface area contributed by atoms with Crippen LogP contribution in [0.3, 0.4) is 0 Å². The molecule has 5 rings (SSSR count). The average molecular weight is 482 g/mol. The monoisotopic (exact) mass is 481 g/mol. The van der Waals surface area contributed by atoms with E-state index in [4.69, 9.17) is 9.47 Å².